The van der Waals surface area contributed by atoms with Crippen molar-refractivity contribution in [3.05, 3.63) is 105 Å². The van der Waals surface area contributed by atoms with E-state index >= 15 is 0 Å². The van der Waals surface area contributed by atoms with E-state index < -0.39 is 17.8 Å². The summed E-state index contributed by atoms with van der Waals surface area (Å²) in [4.78, 5) is 28.7. The van der Waals surface area contributed by atoms with Gasteiger partial charge in [0.1, 0.15) is 11.4 Å². The molecule has 7 heteroatoms. The number of hydrogen-bond donors (Lipinski definition) is 0. The molecular weight excluding hydrogens is 425 g/mol. The number of halogens is 1. The standard InChI is InChI=1S/C26H18FNO5/c1-14-2-8-19-18(10-14)24(29)22-23(16-4-6-17(27)7-5-16)28(26(30)25(22)33-19)12-15-3-9-20-21(11-15)32-13-31-20/h2-11,23H,12-13H2,1H3/t23-/m1/s1. The number of amides is 1. The van der Waals surface area contributed by atoms with Crippen LogP contribution >= 0.6 is 0 Å². The van der Waals surface area contributed by atoms with Crippen LogP contribution < -0.4 is 14.9 Å². The monoisotopic (exact) mass is 443 g/mol. The van der Waals surface area contributed by atoms with Gasteiger partial charge in [0, 0.05) is 6.54 Å². The molecular formula is C26H18FNO5. The van der Waals surface area contributed by atoms with Gasteiger partial charge in [-0.3, -0.25) is 9.59 Å². The van der Waals surface area contributed by atoms with E-state index in [0.717, 1.165) is 11.1 Å². The lowest BCUT2D eigenvalue weighted by atomic mass is 9.98. The number of ether oxygens (including phenoxy) is 2. The van der Waals surface area contributed by atoms with E-state index in [2.05, 4.69) is 0 Å². The quantitative estimate of drug-likeness (QED) is 0.459. The van der Waals surface area contributed by atoms with E-state index in [4.69, 9.17) is 13.9 Å². The number of rotatable bonds is 3. The van der Waals surface area contributed by atoms with E-state index in [1.54, 1.807) is 35.2 Å². The lowest BCUT2D eigenvalue weighted by molar-refractivity contribution is 0.0714. The normalized spacial score (nSPS) is 16.5. The molecule has 1 amide bonds. The topological polar surface area (TPSA) is 69.0 Å². The van der Waals surface area contributed by atoms with Crippen molar-refractivity contribution in [2.45, 2.75) is 19.5 Å². The first kappa shape index (κ1) is 19.5. The molecule has 33 heavy (non-hydrogen) atoms. The Morgan fingerprint density at radius 3 is 2.58 bits per heavy atom. The molecule has 1 atom stereocenters. The summed E-state index contributed by atoms with van der Waals surface area (Å²) in [5.74, 6) is 0.475. The van der Waals surface area contributed by atoms with Gasteiger partial charge in [-0.05, 0) is 54.4 Å². The summed E-state index contributed by atoms with van der Waals surface area (Å²) >= 11 is 0. The molecule has 6 rings (SSSR count). The Kier molecular flexibility index (Phi) is 4.26. The minimum absolute atomic E-state index is 0.0198. The molecule has 0 fully saturated rings. The summed E-state index contributed by atoms with van der Waals surface area (Å²) in [5, 5.41) is 0.415. The van der Waals surface area contributed by atoms with Gasteiger partial charge in [0.15, 0.2) is 16.9 Å². The summed E-state index contributed by atoms with van der Waals surface area (Å²) in [6.07, 6.45) is 0. The molecule has 0 saturated heterocycles. The third-order valence-corrected chi connectivity index (χ3v) is 6.10. The highest BCUT2D eigenvalue weighted by atomic mass is 19.1. The zero-order valence-electron chi connectivity index (χ0n) is 17.6. The largest absolute Gasteiger partial charge is 0.454 e. The number of nitrogens with zero attached hydrogens (tertiary/aromatic N) is 1. The lowest BCUT2D eigenvalue weighted by Crippen LogP contribution is -2.29. The van der Waals surface area contributed by atoms with Gasteiger partial charge in [-0.1, -0.05) is 29.8 Å². The van der Waals surface area contributed by atoms with Crippen LogP contribution in [-0.4, -0.2) is 17.6 Å². The minimum Gasteiger partial charge on any atom is -0.454 e. The molecule has 0 radical (unpaired) electrons. The van der Waals surface area contributed by atoms with Crippen LogP contribution in [0, 0.1) is 12.7 Å². The van der Waals surface area contributed by atoms with Crippen molar-refractivity contribution < 1.29 is 23.1 Å². The van der Waals surface area contributed by atoms with Gasteiger partial charge in [-0.2, -0.15) is 0 Å². The Morgan fingerprint density at radius 2 is 1.76 bits per heavy atom. The van der Waals surface area contributed by atoms with E-state index in [0.29, 0.717) is 28.0 Å². The van der Waals surface area contributed by atoms with Crippen LogP contribution in [0.4, 0.5) is 4.39 Å². The summed E-state index contributed by atoms with van der Waals surface area (Å²) < 4.78 is 30.5. The average Bonchev–Trinajstić information content (AvgIpc) is 3.38. The van der Waals surface area contributed by atoms with Gasteiger partial charge < -0.3 is 18.8 Å². The first-order valence-electron chi connectivity index (χ1n) is 10.5. The van der Waals surface area contributed by atoms with Crippen LogP contribution in [0.25, 0.3) is 11.0 Å². The highest BCUT2D eigenvalue weighted by molar-refractivity contribution is 5.99. The Morgan fingerprint density at radius 1 is 0.970 bits per heavy atom. The molecule has 6 nitrogen and oxygen atoms in total. The summed E-state index contributed by atoms with van der Waals surface area (Å²) in [6.45, 7) is 2.24. The van der Waals surface area contributed by atoms with E-state index in [1.807, 2.05) is 25.1 Å². The summed E-state index contributed by atoms with van der Waals surface area (Å²) in [5.41, 5.74) is 2.72. The van der Waals surface area contributed by atoms with Crippen molar-refractivity contribution in [1.82, 2.24) is 4.90 Å². The van der Waals surface area contributed by atoms with Crippen molar-refractivity contribution in [2.24, 2.45) is 0 Å². The van der Waals surface area contributed by atoms with Crippen LogP contribution in [-0.2, 0) is 6.54 Å². The molecule has 3 aromatic carbocycles. The Balaban J connectivity index is 1.52. The van der Waals surface area contributed by atoms with Gasteiger partial charge in [-0.25, -0.2) is 4.39 Å². The predicted molar refractivity (Wildman–Crippen MR) is 118 cm³/mol. The summed E-state index contributed by atoms with van der Waals surface area (Å²) in [7, 11) is 0. The molecule has 164 valence electrons. The first-order valence-corrected chi connectivity index (χ1v) is 10.5. The van der Waals surface area contributed by atoms with Crippen molar-refractivity contribution in [3.63, 3.8) is 0 Å². The van der Waals surface area contributed by atoms with Gasteiger partial charge >= 0.3 is 0 Å². The highest BCUT2D eigenvalue weighted by Crippen LogP contribution is 2.40. The minimum atomic E-state index is -0.709. The fourth-order valence-electron chi connectivity index (χ4n) is 4.52. The lowest BCUT2D eigenvalue weighted by Gasteiger charge is -2.25. The second kappa shape index (κ2) is 7.20. The third-order valence-electron chi connectivity index (χ3n) is 6.10. The zero-order chi connectivity index (χ0) is 22.7. The number of carbonyl (C=O) groups is 1. The molecule has 0 bridgehead atoms. The third kappa shape index (κ3) is 3.08. The van der Waals surface area contributed by atoms with Gasteiger partial charge in [0.05, 0.1) is 17.0 Å². The van der Waals surface area contributed by atoms with Crippen molar-refractivity contribution in [2.75, 3.05) is 6.79 Å². The highest BCUT2D eigenvalue weighted by Gasteiger charge is 2.42. The maximum absolute atomic E-state index is 13.7. The van der Waals surface area contributed by atoms with Crippen molar-refractivity contribution >= 4 is 16.9 Å². The number of fused-ring (bicyclic) bond motifs is 3. The molecule has 1 aromatic heterocycles. The van der Waals surface area contributed by atoms with Crippen molar-refractivity contribution in [3.8, 4) is 11.5 Å². The first-order chi connectivity index (χ1) is 16.0. The van der Waals surface area contributed by atoms with Gasteiger partial charge in [0.25, 0.3) is 5.91 Å². The number of benzene rings is 3. The molecule has 0 aliphatic carbocycles. The van der Waals surface area contributed by atoms with Crippen LogP contribution in [0.5, 0.6) is 11.5 Å². The Bertz CT molecular complexity index is 1490. The number of carbonyl (C=O) groups excluding carboxylic acids is 1. The number of aryl methyl sites for hydroxylation is 1. The van der Waals surface area contributed by atoms with Gasteiger partial charge in [-0.15, -0.1) is 0 Å². The second-order valence-electron chi connectivity index (χ2n) is 8.25. The van der Waals surface area contributed by atoms with E-state index in [-0.39, 0.29) is 30.1 Å². The maximum atomic E-state index is 13.7. The fourth-order valence-corrected chi connectivity index (χ4v) is 4.52. The Labute approximate surface area is 187 Å². The Hall–Kier alpha value is -4.13. The van der Waals surface area contributed by atoms with Crippen LogP contribution in [0.2, 0.25) is 0 Å². The molecule has 0 unspecified atom stereocenters. The molecule has 2 aliphatic heterocycles. The fraction of sp³-hybridized carbons (Fsp3) is 0.154. The maximum Gasteiger partial charge on any atom is 0.291 e. The van der Waals surface area contributed by atoms with Crippen LogP contribution in [0.1, 0.15) is 38.9 Å². The molecule has 0 N–H and O–H groups in total. The van der Waals surface area contributed by atoms with Gasteiger partial charge in [0.2, 0.25) is 12.6 Å². The van der Waals surface area contributed by atoms with Crippen LogP contribution in [0.3, 0.4) is 0 Å². The van der Waals surface area contributed by atoms with Crippen molar-refractivity contribution in [1.29, 1.82) is 0 Å². The van der Waals surface area contributed by atoms with E-state index in [1.165, 1.54) is 12.1 Å². The molecule has 3 heterocycles. The molecule has 0 spiro atoms. The predicted octanol–water partition coefficient (Wildman–Crippen LogP) is 4.71. The molecule has 4 aromatic rings. The SMILES string of the molecule is Cc1ccc2oc3c(c(=O)c2c1)[C@@H](c1ccc(F)cc1)N(Cc1ccc2c(c1)OCO2)C3=O. The van der Waals surface area contributed by atoms with E-state index in [9.17, 15) is 14.0 Å². The summed E-state index contributed by atoms with van der Waals surface area (Å²) in [6, 6.07) is 15.9. The molecule has 2 aliphatic rings. The molecule has 0 saturated carbocycles. The smallest absolute Gasteiger partial charge is 0.291 e. The average molecular weight is 443 g/mol. The number of hydrogen-bond acceptors (Lipinski definition) is 5. The van der Waals surface area contributed by atoms with Crippen LogP contribution in [0.15, 0.2) is 69.9 Å². The zero-order valence-corrected chi connectivity index (χ0v) is 17.6. The second-order valence-corrected chi connectivity index (χ2v) is 8.25.